The van der Waals surface area contributed by atoms with Gasteiger partial charge in [-0.1, -0.05) is 30.3 Å². The van der Waals surface area contributed by atoms with Crippen molar-refractivity contribution in [2.45, 2.75) is 12.8 Å². The van der Waals surface area contributed by atoms with Gasteiger partial charge < -0.3 is 14.9 Å². The second-order valence-electron chi connectivity index (χ2n) is 4.64. The monoisotopic (exact) mass is 338 g/mol. The van der Waals surface area contributed by atoms with Crippen LogP contribution < -0.4 is 9.84 Å². The van der Waals surface area contributed by atoms with Gasteiger partial charge in [-0.2, -0.15) is 13.2 Å². The molecule has 1 aromatic heterocycles. The third kappa shape index (κ3) is 4.03. The largest absolute Gasteiger partial charge is 0.877 e. The molecule has 0 bridgehead atoms. The molecule has 0 aliphatic heterocycles. The number of carboxylic acid groups (broad SMARTS) is 1. The van der Waals surface area contributed by atoms with Crippen LogP contribution in [0, 0.1) is 0 Å². The number of benzene rings is 1. The lowest BCUT2D eigenvalue weighted by Crippen LogP contribution is -2.10. The van der Waals surface area contributed by atoms with Crippen LogP contribution >= 0.6 is 0 Å². The van der Waals surface area contributed by atoms with Gasteiger partial charge in [0.25, 0.3) is 0 Å². The van der Waals surface area contributed by atoms with Gasteiger partial charge >= 0.3 is 12.1 Å². The average molecular weight is 338 g/mol. The summed E-state index contributed by atoms with van der Waals surface area (Å²) in [5, 5.41) is 19.9. The van der Waals surface area contributed by atoms with Crippen molar-refractivity contribution in [3.8, 4) is 5.88 Å². The van der Waals surface area contributed by atoms with Crippen molar-refractivity contribution < 1.29 is 32.9 Å². The predicted octanol–water partition coefficient (Wildman–Crippen LogP) is 2.47. The number of hydrogen-bond acceptors (Lipinski definition) is 4. The molecule has 24 heavy (non-hydrogen) atoms. The van der Waals surface area contributed by atoms with Gasteiger partial charge in [0.1, 0.15) is 12.3 Å². The minimum absolute atomic E-state index is 0.131. The van der Waals surface area contributed by atoms with Crippen LogP contribution in [0.5, 0.6) is 5.88 Å². The van der Waals surface area contributed by atoms with Crippen molar-refractivity contribution >= 4 is 11.5 Å². The van der Waals surface area contributed by atoms with Crippen molar-refractivity contribution in [3.05, 3.63) is 65.5 Å². The molecule has 2 rings (SSSR count). The van der Waals surface area contributed by atoms with E-state index in [1.807, 2.05) is 0 Å². The van der Waals surface area contributed by atoms with E-state index in [1.54, 1.807) is 6.07 Å². The van der Waals surface area contributed by atoms with Crippen molar-refractivity contribution in [1.82, 2.24) is 4.98 Å². The highest BCUT2D eigenvalue weighted by atomic mass is 19.4. The molecule has 0 atom stereocenters. The van der Waals surface area contributed by atoms with E-state index in [1.165, 1.54) is 24.3 Å². The zero-order valence-corrected chi connectivity index (χ0v) is 12.1. The number of alkyl halides is 3. The number of carboxylic acids is 1. The Bertz CT molecular complexity index is 772. The molecule has 0 aliphatic rings. The second kappa shape index (κ2) is 7.03. The van der Waals surface area contributed by atoms with Gasteiger partial charge in [0.05, 0.1) is 5.57 Å². The lowest BCUT2D eigenvalue weighted by molar-refractivity contribution is -0.273. The molecule has 0 radical (unpaired) electrons. The second-order valence-corrected chi connectivity index (χ2v) is 4.64. The highest BCUT2D eigenvalue weighted by molar-refractivity contribution is 6.15. The third-order valence-corrected chi connectivity index (χ3v) is 3.05. The molecule has 2 aromatic rings. The van der Waals surface area contributed by atoms with E-state index in [4.69, 9.17) is 9.84 Å². The summed E-state index contributed by atoms with van der Waals surface area (Å²) in [7, 11) is 0. The summed E-state index contributed by atoms with van der Waals surface area (Å²) < 4.78 is 43.0. The van der Waals surface area contributed by atoms with Crippen LogP contribution in [-0.4, -0.2) is 16.1 Å². The van der Waals surface area contributed by atoms with Crippen LogP contribution in [-0.2, 0) is 17.6 Å². The summed E-state index contributed by atoms with van der Waals surface area (Å²) in [6.45, 7) is -0.241. The van der Waals surface area contributed by atoms with E-state index in [0.717, 1.165) is 12.1 Å². The molecule has 0 unspecified atom stereocenters. The van der Waals surface area contributed by atoms with E-state index in [0.29, 0.717) is 5.56 Å². The first-order chi connectivity index (χ1) is 11.3. The summed E-state index contributed by atoms with van der Waals surface area (Å²) in [5.74, 6) is -1.67. The quantitative estimate of drug-likeness (QED) is 0.669. The Morgan fingerprint density at radius 2 is 1.92 bits per heavy atom. The van der Waals surface area contributed by atoms with Crippen LogP contribution in [0.15, 0.2) is 48.7 Å². The summed E-state index contributed by atoms with van der Waals surface area (Å²) in [5.41, 5.74) is -1.10. The van der Waals surface area contributed by atoms with Crippen molar-refractivity contribution in [2.24, 2.45) is 0 Å². The first-order valence-corrected chi connectivity index (χ1v) is 6.63. The lowest BCUT2D eigenvalue weighted by Gasteiger charge is -2.13. The number of ether oxygens (including phenoxy) is 1. The number of nitrogens with zero attached hydrogens (tertiary/aromatic N) is 1. The lowest BCUT2D eigenvalue weighted by atomic mass is 10.0. The molecular formula is C16H11F3NO4-. The predicted molar refractivity (Wildman–Crippen MR) is 75.6 cm³/mol. The van der Waals surface area contributed by atoms with Crippen molar-refractivity contribution in [2.75, 3.05) is 0 Å². The van der Waals surface area contributed by atoms with Gasteiger partial charge in [0, 0.05) is 6.07 Å². The molecule has 0 fully saturated rings. The van der Waals surface area contributed by atoms with E-state index in [-0.39, 0.29) is 24.3 Å². The van der Waals surface area contributed by atoms with Gasteiger partial charge in [-0.05, 0) is 17.2 Å². The SMILES string of the molecule is O=C(O)C(=C[O-])c1ccccc1COc1cccc(C(F)(F)F)n1. The maximum absolute atomic E-state index is 12.6. The highest BCUT2D eigenvalue weighted by Gasteiger charge is 2.32. The van der Waals surface area contributed by atoms with Crippen LogP contribution in [0.3, 0.4) is 0 Å². The number of aliphatic carboxylic acids is 1. The molecule has 1 heterocycles. The van der Waals surface area contributed by atoms with Crippen LogP contribution in [0.4, 0.5) is 13.2 Å². The fraction of sp³-hybridized carbons (Fsp3) is 0.125. The van der Waals surface area contributed by atoms with E-state index in [9.17, 15) is 23.1 Å². The van der Waals surface area contributed by atoms with Gasteiger partial charge in [-0.3, -0.25) is 0 Å². The Balaban J connectivity index is 2.23. The van der Waals surface area contributed by atoms with Gasteiger partial charge in [0.2, 0.25) is 5.88 Å². The fourth-order valence-electron chi connectivity index (χ4n) is 1.94. The number of pyridine rings is 1. The number of carbonyl (C=O) groups is 1. The number of rotatable bonds is 5. The third-order valence-electron chi connectivity index (χ3n) is 3.05. The van der Waals surface area contributed by atoms with E-state index < -0.39 is 23.4 Å². The summed E-state index contributed by atoms with van der Waals surface area (Å²) in [6.07, 6.45) is -4.40. The summed E-state index contributed by atoms with van der Waals surface area (Å²) >= 11 is 0. The normalized spacial score (nSPS) is 12.0. The Hall–Kier alpha value is -3.03. The van der Waals surface area contributed by atoms with Gasteiger partial charge in [-0.25, -0.2) is 9.78 Å². The molecule has 1 aromatic carbocycles. The zero-order chi connectivity index (χ0) is 17.7. The number of hydrogen-bond donors (Lipinski definition) is 1. The van der Waals surface area contributed by atoms with Crippen molar-refractivity contribution in [3.63, 3.8) is 0 Å². The Kier molecular flexibility index (Phi) is 5.08. The van der Waals surface area contributed by atoms with Crippen LogP contribution in [0.25, 0.3) is 5.57 Å². The first-order valence-electron chi connectivity index (χ1n) is 6.63. The molecular weight excluding hydrogens is 327 g/mol. The Morgan fingerprint density at radius 1 is 1.21 bits per heavy atom. The Morgan fingerprint density at radius 3 is 2.54 bits per heavy atom. The molecule has 0 amide bonds. The van der Waals surface area contributed by atoms with Gasteiger partial charge in [-0.15, -0.1) is 6.26 Å². The standard InChI is InChI=1S/C16H12F3NO4/c17-16(18,19)13-6-3-7-14(20-13)24-9-10-4-1-2-5-11(10)12(8-21)15(22)23/h1-8,21H,9H2,(H,22,23)/p-1. The van der Waals surface area contributed by atoms with E-state index >= 15 is 0 Å². The molecule has 0 aliphatic carbocycles. The number of halogens is 3. The average Bonchev–Trinajstić information content (AvgIpc) is 2.54. The minimum atomic E-state index is -4.60. The molecule has 0 spiro atoms. The molecule has 5 nitrogen and oxygen atoms in total. The maximum Gasteiger partial charge on any atom is 0.433 e. The summed E-state index contributed by atoms with van der Waals surface area (Å²) in [6, 6.07) is 9.26. The molecule has 126 valence electrons. The molecule has 0 saturated carbocycles. The maximum atomic E-state index is 12.6. The van der Waals surface area contributed by atoms with Crippen LogP contribution in [0.1, 0.15) is 16.8 Å². The van der Waals surface area contributed by atoms with E-state index in [2.05, 4.69) is 4.98 Å². The minimum Gasteiger partial charge on any atom is -0.877 e. The summed E-state index contributed by atoms with van der Waals surface area (Å²) in [4.78, 5) is 14.4. The molecule has 8 heteroatoms. The van der Waals surface area contributed by atoms with Crippen molar-refractivity contribution in [1.29, 1.82) is 0 Å². The molecule has 1 N–H and O–H groups in total. The zero-order valence-electron chi connectivity index (χ0n) is 12.1. The first kappa shape index (κ1) is 17.3. The van der Waals surface area contributed by atoms with Gasteiger partial charge in [0.15, 0.2) is 0 Å². The number of aromatic nitrogens is 1. The Labute approximate surface area is 134 Å². The topological polar surface area (TPSA) is 82.5 Å². The van der Waals surface area contributed by atoms with Crippen LogP contribution in [0.2, 0.25) is 0 Å². The highest BCUT2D eigenvalue weighted by Crippen LogP contribution is 2.29. The smallest absolute Gasteiger partial charge is 0.433 e. The molecule has 0 saturated heterocycles. The fourth-order valence-corrected chi connectivity index (χ4v) is 1.94.